The number of carbonyl (C=O) groups excluding carboxylic acids is 1. The molecule has 4 nitrogen and oxygen atoms in total. The van der Waals surface area contributed by atoms with Crippen LogP contribution in [-0.2, 0) is 4.79 Å². The minimum Gasteiger partial charge on any atom is -0.330 e. The van der Waals surface area contributed by atoms with E-state index in [-0.39, 0.29) is 11.8 Å². The third-order valence-electron chi connectivity index (χ3n) is 2.80. The molecule has 0 bridgehead atoms. The molecule has 0 fully saturated rings. The van der Waals surface area contributed by atoms with Gasteiger partial charge in [-0.25, -0.2) is 0 Å². The first kappa shape index (κ1) is 14.2. The van der Waals surface area contributed by atoms with E-state index in [0.29, 0.717) is 18.5 Å². The second kappa shape index (κ2) is 7.46. The van der Waals surface area contributed by atoms with Crippen molar-refractivity contribution in [3.8, 4) is 6.07 Å². The maximum absolute atomic E-state index is 12.0. The van der Waals surface area contributed by atoms with Crippen LogP contribution >= 0.6 is 0 Å². The number of nitrogens with zero attached hydrogens (tertiary/aromatic N) is 1. The number of rotatable bonds is 6. The smallest absolute Gasteiger partial charge is 0.227 e. The first-order chi connectivity index (χ1) is 8.71. The van der Waals surface area contributed by atoms with E-state index < -0.39 is 0 Å². The Labute approximate surface area is 108 Å². The van der Waals surface area contributed by atoms with Crippen molar-refractivity contribution >= 4 is 11.6 Å². The van der Waals surface area contributed by atoms with Crippen molar-refractivity contribution in [2.24, 2.45) is 11.7 Å². The van der Waals surface area contributed by atoms with Gasteiger partial charge >= 0.3 is 0 Å². The Morgan fingerprint density at radius 3 is 2.56 bits per heavy atom. The molecule has 0 saturated carbocycles. The molecule has 1 rings (SSSR count). The minimum absolute atomic E-state index is 0.00649. The molecule has 0 spiro atoms. The van der Waals surface area contributed by atoms with Gasteiger partial charge in [0, 0.05) is 11.6 Å². The molecule has 96 valence electrons. The summed E-state index contributed by atoms with van der Waals surface area (Å²) in [5.74, 6) is -0.0253. The maximum atomic E-state index is 12.0. The number of hydrogen-bond donors (Lipinski definition) is 2. The molecule has 1 aromatic carbocycles. The number of carbonyl (C=O) groups is 1. The molecule has 0 aromatic heterocycles. The van der Waals surface area contributed by atoms with Crippen LogP contribution in [0.15, 0.2) is 24.3 Å². The van der Waals surface area contributed by atoms with Crippen molar-refractivity contribution in [3.63, 3.8) is 0 Å². The number of anilines is 1. The summed E-state index contributed by atoms with van der Waals surface area (Å²) in [6.07, 6.45) is 2.51. The molecule has 4 heteroatoms. The number of hydrogen-bond acceptors (Lipinski definition) is 3. The van der Waals surface area contributed by atoms with E-state index in [9.17, 15) is 4.79 Å². The number of nitrogens with two attached hydrogens (primary N) is 1. The fourth-order valence-corrected chi connectivity index (χ4v) is 1.83. The molecule has 1 atom stereocenters. The molecule has 0 heterocycles. The summed E-state index contributed by atoms with van der Waals surface area (Å²) < 4.78 is 0. The molecular formula is C14H19N3O. The predicted molar refractivity (Wildman–Crippen MR) is 71.9 cm³/mol. The van der Waals surface area contributed by atoms with Crippen LogP contribution in [0.1, 0.15) is 31.7 Å². The summed E-state index contributed by atoms with van der Waals surface area (Å²) in [6, 6.07) is 8.89. The number of nitriles is 1. The van der Waals surface area contributed by atoms with E-state index in [0.717, 1.165) is 18.5 Å². The summed E-state index contributed by atoms with van der Waals surface area (Å²) in [4.78, 5) is 12.0. The Kier molecular flexibility index (Phi) is 5.89. The molecular weight excluding hydrogens is 226 g/mol. The van der Waals surface area contributed by atoms with Crippen molar-refractivity contribution in [3.05, 3.63) is 29.8 Å². The lowest BCUT2D eigenvalue weighted by Gasteiger charge is -2.15. The van der Waals surface area contributed by atoms with Gasteiger partial charge in [0.2, 0.25) is 5.91 Å². The summed E-state index contributed by atoms with van der Waals surface area (Å²) in [5, 5.41) is 11.5. The Morgan fingerprint density at radius 2 is 2.06 bits per heavy atom. The van der Waals surface area contributed by atoms with Crippen LogP contribution in [0.5, 0.6) is 0 Å². The van der Waals surface area contributed by atoms with E-state index in [4.69, 9.17) is 11.0 Å². The SMILES string of the molecule is CCCC(CCN)C(=O)Nc1ccc(C#N)cc1. The van der Waals surface area contributed by atoms with Crippen molar-refractivity contribution in [1.29, 1.82) is 5.26 Å². The standard InChI is InChI=1S/C14H19N3O/c1-2-3-12(8-9-15)14(18)17-13-6-4-11(10-16)5-7-13/h4-7,12H,2-3,8-9,15H2,1H3,(H,17,18). The largest absolute Gasteiger partial charge is 0.330 e. The van der Waals surface area contributed by atoms with Gasteiger partial charge in [0.15, 0.2) is 0 Å². The van der Waals surface area contributed by atoms with Crippen LogP contribution in [-0.4, -0.2) is 12.5 Å². The molecule has 1 aromatic rings. The van der Waals surface area contributed by atoms with Crippen LogP contribution < -0.4 is 11.1 Å². The fourth-order valence-electron chi connectivity index (χ4n) is 1.83. The molecule has 3 N–H and O–H groups in total. The van der Waals surface area contributed by atoms with Crippen LogP contribution in [0.4, 0.5) is 5.69 Å². The second-order valence-corrected chi connectivity index (χ2v) is 4.24. The zero-order valence-corrected chi connectivity index (χ0v) is 10.6. The van der Waals surface area contributed by atoms with E-state index in [1.165, 1.54) is 0 Å². The molecule has 0 aliphatic heterocycles. The third kappa shape index (κ3) is 4.19. The van der Waals surface area contributed by atoms with Crippen LogP contribution in [0, 0.1) is 17.2 Å². The average Bonchev–Trinajstić information content (AvgIpc) is 2.39. The summed E-state index contributed by atoms with van der Waals surface area (Å²) in [6.45, 7) is 2.57. The highest BCUT2D eigenvalue weighted by Crippen LogP contribution is 2.15. The lowest BCUT2D eigenvalue weighted by molar-refractivity contribution is -0.120. The molecule has 1 amide bonds. The monoisotopic (exact) mass is 245 g/mol. The predicted octanol–water partition coefficient (Wildman–Crippen LogP) is 2.26. The lowest BCUT2D eigenvalue weighted by atomic mass is 9.99. The topological polar surface area (TPSA) is 78.9 Å². The summed E-state index contributed by atoms with van der Waals surface area (Å²) in [5.41, 5.74) is 6.82. The van der Waals surface area contributed by atoms with Crippen molar-refractivity contribution < 1.29 is 4.79 Å². The van der Waals surface area contributed by atoms with Crippen molar-refractivity contribution in [2.45, 2.75) is 26.2 Å². The van der Waals surface area contributed by atoms with Gasteiger partial charge in [0.1, 0.15) is 0 Å². The van der Waals surface area contributed by atoms with Gasteiger partial charge in [0.05, 0.1) is 11.6 Å². The van der Waals surface area contributed by atoms with Crippen molar-refractivity contribution in [1.82, 2.24) is 0 Å². The number of amides is 1. The van der Waals surface area contributed by atoms with Gasteiger partial charge in [-0.3, -0.25) is 4.79 Å². The Morgan fingerprint density at radius 1 is 1.39 bits per heavy atom. The minimum atomic E-state index is -0.0318. The average molecular weight is 245 g/mol. The Bertz CT molecular complexity index is 414. The quantitative estimate of drug-likeness (QED) is 0.806. The summed E-state index contributed by atoms with van der Waals surface area (Å²) >= 11 is 0. The van der Waals surface area contributed by atoms with E-state index in [2.05, 4.69) is 12.2 Å². The van der Waals surface area contributed by atoms with Crippen molar-refractivity contribution in [2.75, 3.05) is 11.9 Å². The maximum Gasteiger partial charge on any atom is 0.227 e. The van der Waals surface area contributed by atoms with Crippen LogP contribution in [0.2, 0.25) is 0 Å². The number of nitrogens with one attached hydrogen (secondary N) is 1. The van der Waals surface area contributed by atoms with Gasteiger partial charge in [-0.05, 0) is 43.7 Å². The molecule has 18 heavy (non-hydrogen) atoms. The van der Waals surface area contributed by atoms with E-state index >= 15 is 0 Å². The first-order valence-corrected chi connectivity index (χ1v) is 6.22. The molecule has 0 radical (unpaired) electrons. The molecule has 0 saturated heterocycles. The van der Waals surface area contributed by atoms with Crippen LogP contribution in [0.25, 0.3) is 0 Å². The number of benzene rings is 1. The van der Waals surface area contributed by atoms with E-state index in [1.807, 2.05) is 6.07 Å². The highest BCUT2D eigenvalue weighted by Gasteiger charge is 2.16. The Balaban J connectivity index is 2.63. The first-order valence-electron chi connectivity index (χ1n) is 6.22. The van der Waals surface area contributed by atoms with Gasteiger partial charge in [-0.1, -0.05) is 13.3 Å². The Hall–Kier alpha value is -1.86. The van der Waals surface area contributed by atoms with Gasteiger partial charge in [-0.2, -0.15) is 5.26 Å². The summed E-state index contributed by atoms with van der Waals surface area (Å²) in [7, 11) is 0. The highest BCUT2D eigenvalue weighted by atomic mass is 16.1. The van der Waals surface area contributed by atoms with Gasteiger partial charge < -0.3 is 11.1 Å². The molecule has 0 aliphatic rings. The lowest BCUT2D eigenvalue weighted by Crippen LogP contribution is -2.25. The zero-order valence-electron chi connectivity index (χ0n) is 10.6. The van der Waals surface area contributed by atoms with E-state index in [1.54, 1.807) is 24.3 Å². The normalized spacial score (nSPS) is 11.6. The van der Waals surface area contributed by atoms with Crippen LogP contribution in [0.3, 0.4) is 0 Å². The molecule has 1 unspecified atom stereocenters. The second-order valence-electron chi connectivity index (χ2n) is 4.24. The third-order valence-corrected chi connectivity index (χ3v) is 2.80. The van der Waals surface area contributed by atoms with Gasteiger partial charge in [0.25, 0.3) is 0 Å². The zero-order chi connectivity index (χ0) is 13.4. The van der Waals surface area contributed by atoms with Gasteiger partial charge in [-0.15, -0.1) is 0 Å². The molecule has 0 aliphatic carbocycles. The highest BCUT2D eigenvalue weighted by molar-refractivity contribution is 5.92. The fraction of sp³-hybridized carbons (Fsp3) is 0.429.